The standard InChI is InChI=1S/C13H9F5O2/c1-2-8-10(7-5-3-4-6-9(7)20-8)11(19)12(14,15)13(16,17)18/h3-6H,2H2,1H3. The molecule has 1 heterocycles. The van der Waals surface area contributed by atoms with Crippen molar-refractivity contribution in [1.29, 1.82) is 0 Å². The molecule has 2 nitrogen and oxygen atoms in total. The molecular formula is C13H9F5O2. The highest BCUT2D eigenvalue weighted by molar-refractivity contribution is 6.12. The highest BCUT2D eigenvalue weighted by Crippen LogP contribution is 2.40. The maximum Gasteiger partial charge on any atom is 0.461 e. The van der Waals surface area contributed by atoms with E-state index in [1.165, 1.54) is 31.2 Å². The molecule has 0 fully saturated rings. The molecule has 20 heavy (non-hydrogen) atoms. The molecule has 2 aromatic rings. The summed E-state index contributed by atoms with van der Waals surface area (Å²) >= 11 is 0. The topological polar surface area (TPSA) is 30.2 Å². The number of rotatable bonds is 3. The fourth-order valence-corrected chi connectivity index (χ4v) is 1.88. The van der Waals surface area contributed by atoms with Crippen molar-refractivity contribution >= 4 is 16.8 Å². The molecule has 1 aromatic carbocycles. The third kappa shape index (κ3) is 2.07. The number of furan rings is 1. The molecule has 0 amide bonds. The molecule has 0 aliphatic carbocycles. The lowest BCUT2D eigenvalue weighted by atomic mass is 10.0. The molecule has 0 radical (unpaired) electrons. The molecular weight excluding hydrogens is 283 g/mol. The SMILES string of the molecule is CCc1oc2ccccc2c1C(=O)C(F)(F)C(F)(F)F. The van der Waals surface area contributed by atoms with Crippen molar-refractivity contribution < 1.29 is 31.2 Å². The third-order valence-electron chi connectivity index (χ3n) is 2.86. The van der Waals surface area contributed by atoms with Gasteiger partial charge >= 0.3 is 12.1 Å². The zero-order valence-electron chi connectivity index (χ0n) is 10.2. The Morgan fingerprint density at radius 1 is 1.15 bits per heavy atom. The van der Waals surface area contributed by atoms with E-state index in [4.69, 9.17) is 4.42 Å². The van der Waals surface area contributed by atoms with Gasteiger partial charge in [-0.15, -0.1) is 0 Å². The van der Waals surface area contributed by atoms with Gasteiger partial charge in [0.15, 0.2) is 0 Å². The van der Waals surface area contributed by atoms with Gasteiger partial charge in [0.2, 0.25) is 5.78 Å². The summed E-state index contributed by atoms with van der Waals surface area (Å²) in [5.41, 5.74) is -0.601. The van der Waals surface area contributed by atoms with E-state index in [0.29, 0.717) is 0 Å². The lowest BCUT2D eigenvalue weighted by Gasteiger charge is -2.18. The fraction of sp³-hybridized carbons (Fsp3) is 0.308. The Labute approximate surface area is 110 Å². The molecule has 0 aliphatic heterocycles. The van der Waals surface area contributed by atoms with Crippen molar-refractivity contribution in [3.63, 3.8) is 0 Å². The van der Waals surface area contributed by atoms with Crippen molar-refractivity contribution in [3.05, 3.63) is 35.6 Å². The lowest BCUT2D eigenvalue weighted by molar-refractivity contribution is -0.255. The molecule has 0 atom stereocenters. The zero-order valence-corrected chi connectivity index (χ0v) is 10.2. The highest BCUT2D eigenvalue weighted by atomic mass is 19.4. The van der Waals surface area contributed by atoms with Crippen LogP contribution in [0, 0.1) is 0 Å². The van der Waals surface area contributed by atoms with E-state index in [-0.39, 0.29) is 23.2 Å². The van der Waals surface area contributed by atoms with Gasteiger partial charge in [0.1, 0.15) is 11.3 Å². The zero-order chi connectivity index (χ0) is 15.1. The number of halogens is 5. The molecule has 0 unspecified atom stereocenters. The summed E-state index contributed by atoms with van der Waals surface area (Å²) in [4.78, 5) is 11.6. The van der Waals surface area contributed by atoms with Crippen LogP contribution in [0.3, 0.4) is 0 Å². The predicted molar refractivity (Wildman–Crippen MR) is 60.9 cm³/mol. The average Bonchev–Trinajstić information content (AvgIpc) is 2.74. The minimum Gasteiger partial charge on any atom is -0.460 e. The number of hydrogen-bond acceptors (Lipinski definition) is 2. The number of fused-ring (bicyclic) bond motifs is 1. The van der Waals surface area contributed by atoms with E-state index in [1.807, 2.05) is 0 Å². The summed E-state index contributed by atoms with van der Waals surface area (Å²) in [7, 11) is 0. The van der Waals surface area contributed by atoms with Crippen molar-refractivity contribution in [1.82, 2.24) is 0 Å². The van der Waals surface area contributed by atoms with Crippen LogP contribution in [-0.2, 0) is 6.42 Å². The van der Waals surface area contributed by atoms with E-state index in [2.05, 4.69) is 0 Å². The van der Waals surface area contributed by atoms with Crippen LogP contribution in [0.4, 0.5) is 22.0 Å². The number of para-hydroxylation sites is 1. The summed E-state index contributed by atoms with van der Waals surface area (Å²) in [6.07, 6.45) is -5.91. The van der Waals surface area contributed by atoms with E-state index >= 15 is 0 Å². The van der Waals surface area contributed by atoms with E-state index in [9.17, 15) is 26.7 Å². The van der Waals surface area contributed by atoms with Crippen molar-refractivity contribution in [2.75, 3.05) is 0 Å². The van der Waals surface area contributed by atoms with Gasteiger partial charge in [0, 0.05) is 11.8 Å². The summed E-state index contributed by atoms with van der Waals surface area (Å²) in [5, 5.41) is -0.0433. The first kappa shape index (κ1) is 14.5. The number of Topliss-reactive ketones (excluding diaryl/α,β-unsaturated/α-hetero) is 1. The van der Waals surface area contributed by atoms with Crippen LogP contribution in [-0.4, -0.2) is 17.9 Å². The quantitative estimate of drug-likeness (QED) is 0.621. The number of benzene rings is 1. The Kier molecular flexibility index (Phi) is 3.31. The molecule has 1 aromatic heterocycles. The molecule has 0 saturated heterocycles. The second-order valence-corrected chi connectivity index (χ2v) is 4.15. The minimum atomic E-state index is -5.94. The molecule has 0 N–H and O–H groups in total. The Bertz CT molecular complexity index is 654. The van der Waals surface area contributed by atoms with Crippen LogP contribution >= 0.6 is 0 Å². The van der Waals surface area contributed by atoms with Gasteiger partial charge in [-0.3, -0.25) is 4.79 Å². The van der Waals surface area contributed by atoms with Gasteiger partial charge in [0.05, 0.1) is 5.56 Å². The van der Waals surface area contributed by atoms with Gasteiger partial charge in [-0.25, -0.2) is 0 Å². The number of alkyl halides is 5. The first-order valence-corrected chi connectivity index (χ1v) is 5.70. The first-order chi connectivity index (χ1) is 9.20. The molecule has 2 rings (SSSR count). The maximum absolute atomic E-state index is 13.2. The van der Waals surface area contributed by atoms with Gasteiger partial charge in [0.25, 0.3) is 0 Å². The van der Waals surface area contributed by atoms with Gasteiger partial charge < -0.3 is 4.42 Å². The smallest absolute Gasteiger partial charge is 0.460 e. The molecule has 7 heteroatoms. The molecule has 0 aliphatic rings. The van der Waals surface area contributed by atoms with Crippen LogP contribution in [0.2, 0.25) is 0 Å². The largest absolute Gasteiger partial charge is 0.461 e. The average molecular weight is 292 g/mol. The van der Waals surface area contributed by atoms with Gasteiger partial charge in [-0.2, -0.15) is 22.0 Å². The van der Waals surface area contributed by atoms with Crippen LogP contribution in [0.25, 0.3) is 11.0 Å². The number of ketones is 1. The van der Waals surface area contributed by atoms with Crippen molar-refractivity contribution in [3.8, 4) is 0 Å². The Balaban J connectivity index is 2.66. The van der Waals surface area contributed by atoms with Crippen molar-refractivity contribution in [2.45, 2.75) is 25.4 Å². The summed E-state index contributed by atoms with van der Waals surface area (Å²) < 4.78 is 68.5. The summed E-state index contributed by atoms with van der Waals surface area (Å²) in [6, 6.07) is 5.63. The van der Waals surface area contributed by atoms with E-state index in [0.717, 1.165) is 0 Å². The number of hydrogen-bond donors (Lipinski definition) is 0. The third-order valence-corrected chi connectivity index (χ3v) is 2.86. The lowest BCUT2D eigenvalue weighted by Crippen LogP contribution is -2.44. The number of aryl methyl sites for hydroxylation is 1. The number of carbonyl (C=O) groups excluding carboxylic acids is 1. The Morgan fingerprint density at radius 2 is 1.75 bits per heavy atom. The van der Waals surface area contributed by atoms with Gasteiger partial charge in [-0.1, -0.05) is 25.1 Å². The second-order valence-electron chi connectivity index (χ2n) is 4.15. The maximum atomic E-state index is 13.2. The minimum absolute atomic E-state index is 0.0314. The van der Waals surface area contributed by atoms with Crippen LogP contribution in [0.5, 0.6) is 0 Å². The van der Waals surface area contributed by atoms with E-state index in [1.54, 1.807) is 0 Å². The monoisotopic (exact) mass is 292 g/mol. The first-order valence-electron chi connectivity index (χ1n) is 5.70. The number of carbonyl (C=O) groups is 1. The molecule has 0 spiro atoms. The van der Waals surface area contributed by atoms with Crippen LogP contribution < -0.4 is 0 Å². The Hall–Kier alpha value is -1.92. The predicted octanol–water partition coefficient (Wildman–Crippen LogP) is 4.38. The molecule has 0 saturated carbocycles. The summed E-state index contributed by atoms with van der Waals surface area (Å²) in [6.45, 7) is 1.50. The van der Waals surface area contributed by atoms with Gasteiger partial charge in [-0.05, 0) is 6.07 Å². The fourth-order valence-electron chi connectivity index (χ4n) is 1.88. The van der Waals surface area contributed by atoms with Crippen LogP contribution in [0.15, 0.2) is 28.7 Å². The van der Waals surface area contributed by atoms with Crippen molar-refractivity contribution in [2.24, 2.45) is 0 Å². The van der Waals surface area contributed by atoms with Crippen LogP contribution in [0.1, 0.15) is 23.0 Å². The Morgan fingerprint density at radius 3 is 2.30 bits per heavy atom. The molecule has 108 valence electrons. The molecule has 0 bridgehead atoms. The second kappa shape index (κ2) is 4.57. The van der Waals surface area contributed by atoms with E-state index < -0.39 is 23.4 Å². The highest BCUT2D eigenvalue weighted by Gasteiger charge is 2.64. The normalized spacial score (nSPS) is 12.9. The summed E-state index contributed by atoms with van der Waals surface area (Å²) in [5.74, 6) is -7.91.